The van der Waals surface area contributed by atoms with Crippen molar-refractivity contribution in [2.75, 3.05) is 0 Å². The molecular formula is C27H42O5. The second kappa shape index (κ2) is 10.5. The van der Waals surface area contributed by atoms with Crippen molar-refractivity contribution in [1.82, 2.24) is 0 Å². The molecule has 3 rings (SSSR count). The van der Waals surface area contributed by atoms with Crippen LogP contribution in [0.2, 0.25) is 0 Å². The summed E-state index contributed by atoms with van der Waals surface area (Å²) in [5.74, 6) is 1.40. The van der Waals surface area contributed by atoms with Crippen LogP contribution >= 0.6 is 0 Å². The first kappa shape index (κ1) is 25.0. The third kappa shape index (κ3) is 5.84. The molecule has 2 fully saturated rings. The molecule has 0 bridgehead atoms. The normalized spacial score (nSPS) is 37.8. The Bertz CT molecular complexity index is 724. The zero-order chi connectivity index (χ0) is 23.5. The number of carbonyl (C=O) groups excluding carboxylic acids is 2. The van der Waals surface area contributed by atoms with Crippen molar-refractivity contribution in [2.45, 2.75) is 97.9 Å². The minimum absolute atomic E-state index is 0.0986. The second-order valence-electron chi connectivity index (χ2n) is 10.9. The predicted molar refractivity (Wildman–Crippen MR) is 125 cm³/mol. The van der Waals surface area contributed by atoms with E-state index in [4.69, 9.17) is 9.47 Å². The van der Waals surface area contributed by atoms with Crippen molar-refractivity contribution in [2.24, 2.45) is 35.0 Å². The molecule has 0 radical (unpaired) electrons. The third-order valence-corrected chi connectivity index (χ3v) is 8.08. The summed E-state index contributed by atoms with van der Waals surface area (Å²) in [7, 11) is 0. The molecule has 3 aliphatic rings. The van der Waals surface area contributed by atoms with Crippen molar-refractivity contribution in [1.29, 1.82) is 0 Å². The van der Waals surface area contributed by atoms with Crippen LogP contribution in [0.3, 0.4) is 0 Å². The van der Waals surface area contributed by atoms with Crippen LogP contribution in [0.5, 0.6) is 0 Å². The molecular weight excluding hydrogens is 404 g/mol. The quantitative estimate of drug-likeness (QED) is 0.429. The lowest BCUT2D eigenvalue weighted by Gasteiger charge is -2.48. The van der Waals surface area contributed by atoms with Crippen LogP contribution in [-0.4, -0.2) is 35.4 Å². The predicted octanol–water partition coefficient (Wildman–Crippen LogP) is 5.22. The molecule has 8 atom stereocenters. The van der Waals surface area contributed by atoms with Crippen LogP contribution in [0, 0.1) is 35.0 Å². The Morgan fingerprint density at radius 3 is 2.66 bits per heavy atom. The average Bonchev–Trinajstić information content (AvgIpc) is 2.72. The van der Waals surface area contributed by atoms with Gasteiger partial charge in [0.15, 0.2) is 0 Å². The molecule has 0 spiro atoms. The van der Waals surface area contributed by atoms with Crippen molar-refractivity contribution < 1.29 is 24.2 Å². The number of carbonyl (C=O) groups is 2. The van der Waals surface area contributed by atoms with Gasteiger partial charge in [0.1, 0.15) is 12.2 Å². The van der Waals surface area contributed by atoms with Crippen molar-refractivity contribution in [3.63, 3.8) is 0 Å². The van der Waals surface area contributed by atoms with Gasteiger partial charge in [-0.1, -0.05) is 38.2 Å². The Morgan fingerprint density at radius 2 is 2.00 bits per heavy atom. The minimum atomic E-state index is -0.598. The first-order chi connectivity index (χ1) is 15.1. The number of aliphatic hydroxyl groups is 1. The zero-order valence-electron chi connectivity index (χ0n) is 20.5. The van der Waals surface area contributed by atoms with Gasteiger partial charge >= 0.3 is 11.9 Å². The van der Waals surface area contributed by atoms with Crippen molar-refractivity contribution >= 4 is 11.9 Å². The SMILES string of the molecule is C/C=C/[C@@H]1C[C@H](OC(=O)C(C)(C)CC)[C@@H]2[C@@H](CC[C@@H]3C[C@@H](O)CC(=O)O3)[C@@H](C)C=C[C@H]2C1. The largest absolute Gasteiger partial charge is 0.462 e. The highest BCUT2D eigenvalue weighted by Crippen LogP contribution is 2.48. The number of hydrogen-bond acceptors (Lipinski definition) is 5. The van der Waals surface area contributed by atoms with Crippen molar-refractivity contribution in [3.05, 3.63) is 24.3 Å². The monoisotopic (exact) mass is 446 g/mol. The summed E-state index contributed by atoms with van der Waals surface area (Å²) in [6, 6.07) is 0. The summed E-state index contributed by atoms with van der Waals surface area (Å²) in [4.78, 5) is 24.8. The molecule has 1 N–H and O–H groups in total. The fraction of sp³-hybridized carbons (Fsp3) is 0.778. The van der Waals surface area contributed by atoms with Gasteiger partial charge in [-0.3, -0.25) is 9.59 Å². The summed E-state index contributed by atoms with van der Waals surface area (Å²) in [6.07, 6.45) is 13.1. The van der Waals surface area contributed by atoms with Gasteiger partial charge in [0.2, 0.25) is 0 Å². The van der Waals surface area contributed by atoms with Crippen LogP contribution in [0.1, 0.15) is 79.6 Å². The fourth-order valence-corrected chi connectivity index (χ4v) is 5.81. The summed E-state index contributed by atoms with van der Waals surface area (Å²) >= 11 is 0. The number of esters is 2. The smallest absolute Gasteiger partial charge is 0.311 e. The molecule has 0 aromatic carbocycles. The highest BCUT2D eigenvalue weighted by atomic mass is 16.6. The number of fused-ring (bicyclic) bond motifs is 1. The van der Waals surface area contributed by atoms with Gasteiger partial charge in [-0.05, 0) is 76.5 Å². The zero-order valence-corrected chi connectivity index (χ0v) is 20.5. The Balaban J connectivity index is 1.78. The lowest BCUT2D eigenvalue weighted by Crippen LogP contribution is -2.47. The number of hydrogen-bond donors (Lipinski definition) is 1. The topological polar surface area (TPSA) is 72.8 Å². The van der Waals surface area contributed by atoms with E-state index in [-0.39, 0.29) is 36.5 Å². The molecule has 0 unspecified atom stereocenters. The Kier molecular flexibility index (Phi) is 8.24. The van der Waals surface area contributed by atoms with Gasteiger partial charge in [0.25, 0.3) is 0 Å². The van der Waals surface area contributed by atoms with E-state index >= 15 is 0 Å². The number of cyclic esters (lactones) is 1. The standard InChI is InChI=1S/C27H42O5/c1-6-8-18-13-19-10-9-17(3)22(12-11-21-15-20(28)16-24(29)31-21)25(19)23(14-18)32-26(30)27(4,5)7-2/h6,8-10,17-23,25,28H,7,11-16H2,1-5H3/b8-6+/t17-,18-,19-,20+,21+,22-,23-,25-/m0/s1. The van der Waals surface area contributed by atoms with Gasteiger partial charge in [-0.25, -0.2) is 0 Å². The van der Waals surface area contributed by atoms with Gasteiger partial charge in [0.05, 0.1) is 17.9 Å². The molecule has 1 saturated carbocycles. The van der Waals surface area contributed by atoms with Crippen molar-refractivity contribution in [3.8, 4) is 0 Å². The molecule has 1 aliphatic heterocycles. The third-order valence-electron chi connectivity index (χ3n) is 8.08. The van der Waals surface area contributed by atoms with E-state index in [0.717, 1.165) is 32.1 Å². The van der Waals surface area contributed by atoms with E-state index in [9.17, 15) is 14.7 Å². The Labute approximate surface area is 193 Å². The van der Waals surface area contributed by atoms with Crippen LogP contribution in [-0.2, 0) is 19.1 Å². The Hall–Kier alpha value is -1.62. The molecule has 32 heavy (non-hydrogen) atoms. The summed E-state index contributed by atoms with van der Waals surface area (Å²) in [5, 5.41) is 9.97. The first-order valence-electron chi connectivity index (χ1n) is 12.5. The van der Waals surface area contributed by atoms with Gasteiger partial charge in [-0.15, -0.1) is 0 Å². The van der Waals surface area contributed by atoms with E-state index in [1.54, 1.807) is 0 Å². The summed E-state index contributed by atoms with van der Waals surface area (Å²) < 4.78 is 11.8. The molecule has 5 heteroatoms. The molecule has 1 saturated heterocycles. The van der Waals surface area contributed by atoms with Gasteiger partial charge in [0, 0.05) is 12.3 Å². The van der Waals surface area contributed by atoms with Crippen LogP contribution in [0.15, 0.2) is 24.3 Å². The lowest BCUT2D eigenvalue weighted by molar-refractivity contribution is -0.170. The summed E-state index contributed by atoms with van der Waals surface area (Å²) in [5.41, 5.74) is -0.485. The van der Waals surface area contributed by atoms with Crippen LogP contribution in [0.4, 0.5) is 0 Å². The maximum atomic E-state index is 13.0. The molecule has 0 aromatic rings. The molecule has 180 valence electrons. The van der Waals surface area contributed by atoms with E-state index in [1.807, 2.05) is 20.8 Å². The lowest BCUT2D eigenvalue weighted by atomic mass is 9.60. The van der Waals surface area contributed by atoms with Gasteiger partial charge < -0.3 is 14.6 Å². The second-order valence-corrected chi connectivity index (χ2v) is 10.9. The van der Waals surface area contributed by atoms with E-state index in [2.05, 4.69) is 38.2 Å². The maximum absolute atomic E-state index is 13.0. The summed E-state index contributed by atoms with van der Waals surface area (Å²) in [6.45, 7) is 10.2. The molecule has 5 nitrogen and oxygen atoms in total. The highest BCUT2D eigenvalue weighted by molar-refractivity contribution is 5.76. The minimum Gasteiger partial charge on any atom is -0.462 e. The fourth-order valence-electron chi connectivity index (χ4n) is 5.81. The molecule has 0 aromatic heterocycles. The number of allylic oxidation sites excluding steroid dienone is 4. The van der Waals surface area contributed by atoms with E-state index < -0.39 is 11.5 Å². The van der Waals surface area contributed by atoms with Crippen LogP contribution in [0.25, 0.3) is 0 Å². The molecule has 1 heterocycles. The number of ether oxygens (including phenoxy) is 2. The molecule has 2 aliphatic carbocycles. The molecule has 0 amide bonds. The first-order valence-corrected chi connectivity index (χ1v) is 12.5. The van der Waals surface area contributed by atoms with E-state index in [1.165, 1.54) is 0 Å². The van der Waals surface area contributed by atoms with E-state index in [0.29, 0.717) is 30.1 Å². The maximum Gasteiger partial charge on any atom is 0.311 e. The number of aliphatic hydroxyl groups excluding tert-OH is 1. The Morgan fingerprint density at radius 1 is 1.25 bits per heavy atom. The highest BCUT2D eigenvalue weighted by Gasteiger charge is 2.46. The van der Waals surface area contributed by atoms with Gasteiger partial charge in [-0.2, -0.15) is 0 Å². The average molecular weight is 447 g/mol. The number of rotatable bonds is 7. The van der Waals surface area contributed by atoms with Crippen LogP contribution < -0.4 is 0 Å².